The maximum atomic E-state index is 12.6. The molecule has 1 atom stereocenters. The maximum absolute atomic E-state index is 12.6. The second-order valence-electron chi connectivity index (χ2n) is 7.77. The van der Waals surface area contributed by atoms with E-state index in [0.29, 0.717) is 36.7 Å². The fraction of sp³-hybridized carbons (Fsp3) is 0.292. The van der Waals surface area contributed by atoms with E-state index in [1.165, 1.54) is 0 Å². The summed E-state index contributed by atoms with van der Waals surface area (Å²) in [4.78, 5) is 38.6. The van der Waals surface area contributed by atoms with Crippen LogP contribution < -0.4 is 21.3 Å². The SMILES string of the molecule is C=CCNC(=O)[C@@H]1CCCN(C(=O)Nc2ccc(NC(=O)Nc3ccc(C)cc3)cc2)C1. The fourth-order valence-corrected chi connectivity index (χ4v) is 3.46. The third-order valence-corrected chi connectivity index (χ3v) is 5.20. The second-order valence-corrected chi connectivity index (χ2v) is 7.77. The van der Waals surface area contributed by atoms with E-state index in [9.17, 15) is 14.4 Å². The first-order valence-electron chi connectivity index (χ1n) is 10.6. The van der Waals surface area contributed by atoms with Crippen molar-refractivity contribution in [1.29, 1.82) is 0 Å². The van der Waals surface area contributed by atoms with E-state index in [4.69, 9.17) is 0 Å². The zero-order chi connectivity index (χ0) is 22.9. The van der Waals surface area contributed by atoms with Crippen LogP contribution in [-0.2, 0) is 4.79 Å². The van der Waals surface area contributed by atoms with E-state index in [-0.39, 0.29) is 23.9 Å². The lowest BCUT2D eigenvalue weighted by Gasteiger charge is -2.32. The van der Waals surface area contributed by atoms with E-state index in [1.807, 2.05) is 31.2 Å². The lowest BCUT2D eigenvalue weighted by molar-refractivity contribution is -0.126. The highest BCUT2D eigenvalue weighted by atomic mass is 16.2. The highest BCUT2D eigenvalue weighted by Gasteiger charge is 2.28. The van der Waals surface area contributed by atoms with Crippen LogP contribution in [0.5, 0.6) is 0 Å². The van der Waals surface area contributed by atoms with Crippen molar-refractivity contribution < 1.29 is 14.4 Å². The summed E-state index contributed by atoms with van der Waals surface area (Å²) in [7, 11) is 0. The lowest BCUT2D eigenvalue weighted by Crippen LogP contribution is -2.46. The zero-order valence-electron chi connectivity index (χ0n) is 18.2. The van der Waals surface area contributed by atoms with E-state index < -0.39 is 0 Å². The summed E-state index contributed by atoms with van der Waals surface area (Å²) >= 11 is 0. The molecule has 2 aromatic carbocycles. The number of anilines is 3. The number of carbonyl (C=O) groups excluding carboxylic acids is 3. The van der Waals surface area contributed by atoms with Crippen LogP contribution in [-0.4, -0.2) is 42.5 Å². The number of carbonyl (C=O) groups is 3. The minimum atomic E-state index is -0.347. The van der Waals surface area contributed by atoms with Crippen LogP contribution in [0, 0.1) is 12.8 Å². The Morgan fingerprint density at radius 3 is 2.12 bits per heavy atom. The van der Waals surface area contributed by atoms with Crippen molar-refractivity contribution in [2.24, 2.45) is 5.92 Å². The average Bonchev–Trinajstić information content (AvgIpc) is 2.80. The topological polar surface area (TPSA) is 103 Å². The van der Waals surface area contributed by atoms with Gasteiger partial charge in [0.1, 0.15) is 0 Å². The second kappa shape index (κ2) is 11.0. The van der Waals surface area contributed by atoms with Gasteiger partial charge >= 0.3 is 12.1 Å². The fourth-order valence-electron chi connectivity index (χ4n) is 3.46. The van der Waals surface area contributed by atoms with Crippen LogP contribution in [0.2, 0.25) is 0 Å². The molecule has 0 unspecified atom stereocenters. The van der Waals surface area contributed by atoms with Gasteiger partial charge in [0, 0.05) is 36.7 Å². The number of nitrogens with one attached hydrogen (secondary N) is 4. The molecule has 32 heavy (non-hydrogen) atoms. The summed E-state index contributed by atoms with van der Waals surface area (Å²) in [6.07, 6.45) is 3.17. The summed E-state index contributed by atoms with van der Waals surface area (Å²) < 4.78 is 0. The Bertz CT molecular complexity index is 957. The van der Waals surface area contributed by atoms with E-state index in [0.717, 1.165) is 18.4 Å². The van der Waals surface area contributed by atoms with Gasteiger partial charge in [-0.3, -0.25) is 4.79 Å². The molecule has 5 amide bonds. The van der Waals surface area contributed by atoms with Crippen LogP contribution in [0.1, 0.15) is 18.4 Å². The first-order valence-corrected chi connectivity index (χ1v) is 10.6. The summed E-state index contributed by atoms with van der Waals surface area (Å²) in [5.74, 6) is -0.269. The molecule has 0 bridgehead atoms. The minimum Gasteiger partial charge on any atom is -0.352 e. The van der Waals surface area contributed by atoms with Gasteiger partial charge in [0.15, 0.2) is 0 Å². The first kappa shape index (κ1) is 22.9. The van der Waals surface area contributed by atoms with E-state index >= 15 is 0 Å². The highest BCUT2D eigenvalue weighted by molar-refractivity contribution is 6.00. The molecule has 0 aliphatic carbocycles. The Morgan fingerprint density at radius 2 is 1.53 bits per heavy atom. The molecule has 0 spiro atoms. The van der Waals surface area contributed by atoms with Gasteiger partial charge in [-0.15, -0.1) is 6.58 Å². The Kier molecular flexibility index (Phi) is 7.85. The van der Waals surface area contributed by atoms with Crippen LogP contribution in [0.15, 0.2) is 61.2 Å². The molecule has 0 aromatic heterocycles. The number of urea groups is 2. The largest absolute Gasteiger partial charge is 0.352 e. The molecular weight excluding hydrogens is 406 g/mol. The summed E-state index contributed by atoms with van der Waals surface area (Å²) in [6, 6.07) is 13.8. The predicted octanol–water partition coefficient (Wildman–Crippen LogP) is 4.19. The Morgan fingerprint density at radius 1 is 0.969 bits per heavy atom. The van der Waals surface area contributed by atoms with Gasteiger partial charge < -0.3 is 26.2 Å². The van der Waals surface area contributed by atoms with Crippen molar-refractivity contribution >= 4 is 35.0 Å². The van der Waals surface area contributed by atoms with Crippen molar-refractivity contribution in [1.82, 2.24) is 10.2 Å². The number of nitrogens with zero attached hydrogens (tertiary/aromatic N) is 1. The lowest BCUT2D eigenvalue weighted by atomic mass is 9.97. The summed E-state index contributed by atoms with van der Waals surface area (Å²) in [6.45, 7) is 6.99. The molecule has 0 radical (unpaired) electrons. The number of likely N-dealkylation sites (tertiary alicyclic amines) is 1. The van der Waals surface area contributed by atoms with E-state index in [1.54, 1.807) is 35.2 Å². The number of amides is 5. The molecule has 1 aliphatic rings. The van der Waals surface area contributed by atoms with Crippen molar-refractivity contribution in [3.63, 3.8) is 0 Å². The third kappa shape index (κ3) is 6.60. The predicted molar refractivity (Wildman–Crippen MR) is 127 cm³/mol. The summed E-state index contributed by atoms with van der Waals surface area (Å²) in [5.41, 5.74) is 3.03. The highest BCUT2D eigenvalue weighted by Crippen LogP contribution is 2.19. The molecule has 1 fully saturated rings. The molecule has 3 rings (SSSR count). The number of hydrogen-bond donors (Lipinski definition) is 4. The molecule has 2 aromatic rings. The van der Waals surface area contributed by atoms with E-state index in [2.05, 4.69) is 27.8 Å². The number of hydrogen-bond acceptors (Lipinski definition) is 3. The number of aryl methyl sites for hydroxylation is 1. The van der Waals surface area contributed by atoms with Gasteiger partial charge in [-0.2, -0.15) is 0 Å². The molecule has 8 heteroatoms. The van der Waals surface area contributed by atoms with Crippen molar-refractivity contribution in [2.45, 2.75) is 19.8 Å². The van der Waals surface area contributed by atoms with Crippen molar-refractivity contribution in [3.05, 3.63) is 66.7 Å². The summed E-state index contributed by atoms with van der Waals surface area (Å²) in [5, 5.41) is 11.2. The average molecular weight is 436 g/mol. The Labute approximate surface area is 188 Å². The van der Waals surface area contributed by atoms with Gasteiger partial charge in [0.2, 0.25) is 5.91 Å². The van der Waals surface area contributed by atoms with Gasteiger partial charge in [-0.25, -0.2) is 9.59 Å². The van der Waals surface area contributed by atoms with Crippen molar-refractivity contribution in [2.75, 3.05) is 35.6 Å². The van der Waals surface area contributed by atoms with Gasteiger partial charge in [0.25, 0.3) is 0 Å². The first-order chi connectivity index (χ1) is 15.4. The van der Waals surface area contributed by atoms with Gasteiger partial charge in [0.05, 0.1) is 5.92 Å². The smallest absolute Gasteiger partial charge is 0.323 e. The number of benzene rings is 2. The van der Waals surface area contributed by atoms with Crippen LogP contribution in [0.4, 0.5) is 26.7 Å². The molecule has 1 heterocycles. The zero-order valence-corrected chi connectivity index (χ0v) is 18.2. The number of piperidine rings is 1. The minimum absolute atomic E-state index is 0.0539. The van der Waals surface area contributed by atoms with Crippen molar-refractivity contribution in [3.8, 4) is 0 Å². The molecule has 1 aliphatic heterocycles. The van der Waals surface area contributed by atoms with Crippen LogP contribution in [0.25, 0.3) is 0 Å². The molecule has 0 saturated carbocycles. The quantitative estimate of drug-likeness (QED) is 0.512. The standard InChI is InChI=1S/C24H29N5O3/c1-3-14-25-22(30)18-5-4-15-29(16-18)24(32)28-21-12-10-20(11-13-21)27-23(31)26-19-8-6-17(2)7-9-19/h3,6-13,18H,1,4-5,14-16H2,2H3,(H,25,30)(H,28,32)(H2,26,27,31)/t18-/m1/s1. The molecule has 4 N–H and O–H groups in total. The van der Waals surface area contributed by atoms with Crippen LogP contribution >= 0.6 is 0 Å². The maximum Gasteiger partial charge on any atom is 0.323 e. The monoisotopic (exact) mass is 435 g/mol. The molecule has 1 saturated heterocycles. The molecule has 8 nitrogen and oxygen atoms in total. The Hall–Kier alpha value is -3.81. The molecule has 168 valence electrons. The van der Waals surface area contributed by atoms with Gasteiger partial charge in [-0.05, 0) is 56.2 Å². The third-order valence-electron chi connectivity index (χ3n) is 5.20. The Balaban J connectivity index is 1.49. The van der Waals surface area contributed by atoms with Gasteiger partial charge in [-0.1, -0.05) is 23.8 Å². The number of rotatable bonds is 6. The normalized spacial score (nSPS) is 15.4. The van der Waals surface area contributed by atoms with Crippen LogP contribution in [0.3, 0.4) is 0 Å². The molecular formula is C24H29N5O3.